The van der Waals surface area contributed by atoms with Crippen LogP contribution in [0.25, 0.3) is 0 Å². The van der Waals surface area contributed by atoms with Crippen molar-refractivity contribution in [2.24, 2.45) is 0 Å². The summed E-state index contributed by atoms with van der Waals surface area (Å²) in [7, 11) is -3.20. The van der Waals surface area contributed by atoms with Gasteiger partial charge in [-0.1, -0.05) is 18.2 Å². The van der Waals surface area contributed by atoms with Crippen LogP contribution in [0.3, 0.4) is 0 Å². The van der Waals surface area contributed by atoms with Gasteiger partial charge in [-0.3, -0.25) is 4.90 Å². The highest BCUT2D eigenvalue weighted by Crippen LogP contribution is 2.25. The smallest absolute Gasteiger partial charge is 0.154 e. The van der Waals surface area contributed by atoms with E-state index in [-0.39, 0.29) is 11.5 Å². The van der Waals surface area contributed by atoms with E-state index in [4.69, 9.17) is 4.42 Å². The molecule has 2 atom stereocenters. The van der Waals surface area contributed by atoms with E-state index in [9.17, 15) is 13.5 Å². The van der Waals surface area contributed by atoms with Crippen molar-refractivity contribution in [3.8, 4) is 0 Å². The lowest BCUT2D eigenvalue weighted by Crippen LogP contribution is -2.42. The number of rotatable bonds is 5. The minimum absolute atomic E-state index is 0.0141. The molecule has 3 rings (SSSR count). The van der Waals surface area contributed by atoms with Crippen molar-refractivity contribution in [1.82, 2.24) is 4.90 Å². The van der Waals surface area contributed by atoms with E-state index >= 15 is 0 Å². The zero-order chi connectivity index (χ0) is 17.3. The average molecular weight is 349 g/mol. The normalized spacial score (nSPS) is 23.0. The summed E-state index contributed by atoms with van der Waals surface area (Å²) in [5.74, 6) is 0.580. The second-order valence-electron chi connectivity index (χ2n) is 6.57. The highest BCUT2D eigenvalue weighted by Gasteiger charge is 2.40. The Balaban J connectivity index is 1.90. The van der Waals surface area contributed by atoms with Crippen molar-refractivity contribution in [2.75, 3.05) is 11.5 Å². The Morgan fingerprint density at radius 3 is 2.38 bits per heavy atom. The molecule has 1 aromatic heterocycles. The van der Waals surface area contributed by atoms with Gasteiger partial charge in [0.2, 0.25) is 0 Å². The molecule has 1 aliphatic heterocycles. The number of aryl methyl sites for hydroxylation is 2. The molecule has 1 aliphatic rings. The summed E-state index contributed by atoms with van der Waals surface area (Å²) in [4.78, 5) is 2.02. The Morgan fingerprint density at radius 1 is 1.12 bits per heavy atom. The first-order valence-electron chi connectivity index (χ1n) is 8.06. The third kappa shape index (κ3) is 3.71. The van der Waals surface area contributed by atoms with E-state index in [0.717, 1.165) is 16.9 Å². The zero-order valence-electron chi connectivity index (χ0n) is 14.0. The lowest BCUT2D eigenvalue weighted by molar-refractivity contribution is 0.0683. The number of sulfone groups is 1. The zero-order valence-corrected chi connectivity index (χ0v) is 14.8. The van der Waals surface area contributed by atoms with Crippen molar-refractivity contribution >= 4 is 9.84 Å². The summed E-state index contributed by atoms with van der Waals surface area (Å²) < 4.78 is 29.3. The summed E-state index contributed by atoms with van der Waals surface area (Å²) in [5, 5.41) is 10.3. The Hall–Kier alpha value is -1.63. The minimum Gasteiger partial charge on any atom is -0.468 e. The molecule has 5 nitrogen and oxygen atoms in total. The van der Waals surface area contributed by atoms with Crippen LogP contribution in [0.5, 0.6) is 0 Å². The van der Waals surface area contributed by atoms with Crippen LogP contribution in [0.2, 0.25) is 0 Å². The molecule has 2 heterocycles. The SMILES string of the molecule is Cc1cccc(C)c1CN(Cc1ccco1)[C@H]1CS(=O)(=O)C[C@@H]1O. The average Bonchev–Trinajstić information content (AvgIpc) is 3.09. The number of nitrogens with zero attached hydrogens (tertiary/aromatic N) is 1. The lowest BCUT2D eigenvalue weighted by Gasteiger charge is -2.30. The molecule has 1 aromatic carbocycles. The predicted molar refractivity (Wildman–Crippen MR) is 92.3 cm³/mol. The van der Waals surface area contributed by atoms with Crippen molar-refractivity contribution in [3.63, 3.8) is 0 Å². The van der Waals surface area contributed by atoms with E-state index in [2.05, 4.69) is 26.0 Å². The van der Waals surface area contributed by atoms with Gasteiger partial charge in [-0.25, -0.2) is 8.42 Å². The fraction of sp³-hybridized carbons (Fsp3) is 0.444. The van der Waals surface area contributed by atoms with E-state index in [1.807, 2.05) is 23.1 Å². The Bertz CT molecular complexity index is 778. The Morgan fingerprint density at radius 2 is 1.83 bits per heavy atom. The third-order valence-corrected chi connectivity index (χ3v) is 6.41. The maximum Gasteiger partial charge on any atom is 0.154 e. The van der Waals surface area contributed by atoms with E-state index < -0.39 is 22.0 Å². The van der Waals surface area contributed by atoms with Crippen LogP contribution in [0.1, 0.15) is 22.5 Å². The fourth-order valence-electron chi connectivity index (χ4n) is 3.35. The minimum atomic E-state index is -3.20. The summed E-state index contributed by atoms with van der Waals surface area (Å²) in [6.45, 7) is 5.15. The van der Waals surface area contributed by atoms with Crippen molar-refractivity contribution in [1.29, 1.82) is 0 Å². The van der Waals surface area contributed by atoms with Crippen LogP contribution in [0, 0.1) is 13.8 Å². The van der Waals surface area contributed by atoms with Crippen LogP contribution < -0.4 is 0 Å². The third-order valence-electron chi connectivity index (χ3n) is 4.71. The molecule has 6 heteroatoms. The van der Waals surface area contributed by atoms with Gasteiger partial charge in [0.15, 0.2) is 9.84 Å². The molecule has 0 spiro atoms. The molecule has 2 aromatic rings. The van der Waals surface area contributed by atoms with Gasteiger partial charge in [0.05, 0.1) is 36.5 Å². The number of aliphatic hydroxyl groups excluding tert-OH is 1. The fourth-order valence-corrected chi connectivity index (χ4v) is 5.19. The predicted octanol–water partition coefficient (Wildman–Crippen LogP) is 2.06. The molecule has 1 saturated heterocycles. The van der Waals surface area contributed by atoms with Crippen LogP contribution in [0.15, 0.2) is 41.0 Å². The highest BCUT2D eigenvalue weighted by atomic mass is 32.2. The van der Waals surface area contributed by atoms with Gasteiger partial charge in [-0.15, -0.1) is 0 Å². The number of hydrogen-bond acceptors (Lipinski definition) is 5. The van der Waals surface area contributed by atoms with Gasteiger partial charge >= 0.3 is 0 Å². The first-order valence-corrected chi connectivity index (χ1v) is 9.88. The van der Waals surface area contributed by atoms with Crippen molar-refractivity contribution in [2.45, 2.75) is 39.1 Å². The topological polar surface area (TPSA) is 70.8 Å². The molecule has 1 N–H and O–H groups in total. The molecule has 0 bridgehead atoms. The maximum atomic E-state index is 11.9. The number of furan rings is 1. The van der Waals surface area contributed by atoms with E-state index in [0.29, 0.717) is 13.1 Å². The Labute approximate surface area is 142 Å². The second-order valence-corrected chi connectivity index (χ2v) is 8.72. The van der Waals surface area contributed by atoms with Gasteiger partial charge in [0.25, 0.3) is 0 Å². The van der Waals surface area contributed by atoms with E-state index in [1.54, 1.807) is 6.26 Å². The van der Waals surface area contributed by atoms with Crippen molar-refractivity contribution in [3.05, 3.63) is 59.0 Å². The molecule has 130 valence electrons. The number of hydrogen-bond donors (Lipinski definition) is 1. The molecule has 0 radical (unpaired) electrons. The quantitative estimate of drug-likeness (QED) is 0.895. The molecular weight excluding hydrogens is 326 g/mol. The van der Waals surface area contributed by atoms with Crippen molar-refractivity contribution < 1.29 is 17.9 Å². The van der Waals surface area contributed by atoms with Gasteiger partial charge in [-0.2, -0.15) is 0 Å². The van der Waals surface area contributed by atoms with Crippen LogP contribution in [0.4, 0.5) is 0 Å². The Kier molecular flexibility index (Phi) is 4.80. The second kappa shape index (κ2) is 6.70. The molecule has 0 unspecified atom stereocenters. The van der Waals surface area contributed by atoms with Crippen LogP contribution in [-0.4, -0.2) is 42.1 Å². The summed E-state index contributed by atoms with van der Waals surface area (Å²) in [5.41, 5.74) is 3.49. The first kappa shape index (κ1) is 17.2. The van der Waals surface area contributed by atoms with Gasteiger partial charge < -0.3 is 9.52 Å². The van der Waals surface area contributed by atoms with E-state index in [1.165, 1.54) is 5.56 Å². The monoisotopic (exact) mass is 349 g/mol. The largest absolute Gasteiger partial charge is 0.468 e. The first-order chi connectivity index (χ1) is 11.4. The molecular formula is C18H23NO4S. The highest BCUT2D eigenvalue weighted by molar-refractivity contribution is 7.91. The number of aliphatic hydroxyl groups is 1. The standard InChI is InChI=1S/C18H23NO4S/c1-13-5-3-6-14(2)16(13)10-19(9-15-7-4-8-23-15)17-11-24(21,22)12-18(17)20/h3-8,17-18,20H,9-12H2,1-2H3/t17-,18-/m0/s1. The molecule has 0 aliphatic carbocycles. The van der Waals surface area contributed by atoms with Crippen LogP contribution >= 0.6 is 0 Å². The molecule has 0 saturated carbocycles. The molecule has 24 heavy (non-hydrogen) atoms. The van der Waals surface area contributed by atoms with Gasteiger partial charge in [0.1, 0.15) is 5.76 Å². The van der Waals surface area contributed by atoms with Crippen LogP contribution in [-0.2, 0) is 22.9 Å². The molecule has 1 fully saturated rings. The van der Waals surface area contributed by atoms with Gasteiger partial charge in [0, 0.05) is 6.54 Å². The summed E-state index contributed by atoms with van der Waals surface area (Å²) in [6, 6.07) is 9.38. The maximum absolute atomic E-state index is 11.9. The summed E-state index contributed by atoms with van der Waals surface area (Å²) in [6.07, 6.45) is 0.739. The summed E-state index contributed by atoms with van der Waals surface area (Å²) >= 11 is 0. The number of benzene rings is 1. The van der Waals surface area contributed by atoms with Gasteiger partial charge in [-0.05, 0) is 42.7 Å². The lowest BCUT2D eigenvalue weighted by atomic mass is 10.0. The molecule has 0 amide bonds.